The molecule has 7 rings (SSSR count). The van der Waals surface area contributed by atoms with Crippen LogP contribution in [0.15, 0.2) is 48.9 Å². The van der Waals surface area contributed by atoms with E-state index in [9.17, 15) is 29.1 Å². The number of hydrogen-bond donors (Lipinski definition) is 8. The van der Waals surface area contributed by atoms with Crippen molar-refractivity contribution in [2.75, 3.05) is 39.8 Å². The summed E-state index contributed by atoms with van der Waals surface area (Å²) in [6.07, 6.45) is 5.04. The summed E-state index contributed by atoms with van der Waals surface area (Å²) in [5.74, 6) is -2.26. The molecular weight excluding hydrogens is 819 g/mol. The summed E-state index contributed by atoms with van der Waals surface area (Å²) in [6, 6.07) is 7.40. The minimum atomic E-state index is -0.578. The van der Waals surface area contributed by atoms with Crippen molar-refractivity contribution in [3.8, 4) is 5.75 Å². The van der Waals surface area contributed by atoms with Gasteiger partial charge in [-0.1, -0.05) is 0 Å². The third-order valence-electron chi connectivity index (χ3n) is 10.1. The van der Waals surface area contributed by atoms with Crippen molar-refractivity contribution in [1.29, 1.82) is 0 Å². The van der Waals surface area contributed by atoms with Gasteiger partial charge in [-0.25, -0.2) is 0 Å². The van der Waals surface area contributed by atoms with E-state index >= 15 is 0 Å². The molecule has 10 N–H and O–H groups in total. The fraction of sp³-hybridized carbons (Fsp3) is 0.263. The second-order valence-electron chi connectivity index (χ2n) is 14.3. The minimum Gasteiger partial charge on any atom is -1.00 e. The number of rotatable bonds is 12. The number of aromatic amines is 1. The number of fused-ring (bicyclic) bond motifs is 3. The molecule has 5 aromatic heterocycles. The number of hydrogen-bond acceptors (Lipinski definition) is 8. The Morgan fingerprint density at radius 1 is 0.850 bits per heavy atom. The van der Waals surface area contributed by atoms with E-state index in [2.05, 4.69) is 36.6 Å². The van der Waals surface area contributed by atoms with Crippen LogP contribution >= 0.6 is 11.6 Å². The van der Waals surface area contributed by atoms with Gasteiger partial charge in [0.1, 0.15) is 34.0 Å². The summed E-state index contributed by atoms with van der Waals surface area (Å²) >= 11 is 6.34. The Balaban J connectivity index is 0.00000604. The van der Waals surface area contributed by atoms with Gasteiger partial charge < -0.3 is 57.4 Å². The number of halogens is 2. The number of amides is 5. The lowest BCUT2D eigenvalue weighted by atomic mass is 9.97. The van der Waals surface area contributed by atoms with E-state index in [1.807, 2.05) is 0 Å². The number of anilines is 4. The zero-order valence-electron chi connectivity index (χ0n) is 33.1. The standard InChI is InChI=1S/C38H41ClN14O6.ClH/c1-18-31-32-19(13-39)14-53(24(32)12-29(54)33(31)47-46-18)38(59)23-11-28(52(5)48-23)37(58)45-22-10-27(51(4)17-22)36(57)44-21-9-26(50(3)16-21)35(56)43-20-8-25(49(2)15-20)34(55)42-7-6-30(40)41;/h8-12,15-17,19,54H,6-7,13-14H2,1-5H3,(H3,40,41)(H,42,55)(H,43,56)(H,44,57)(H,45,58)(H,46,47);1H. The van der Waals surface area contributed by atoms with Gasteiger partial charge in [-0.3, -0.25) is 44.9 Å². The molecule has 0 fully saturated rings. The monoisotopic (exact) mass is 860 g/mol. The van der Waals surface area contributed by atoms with Crippen LogP contribution in [0.5, 0.6) is 5.75 Å². The first kappa shape index (κ1) is 42.5. The van der Waals surface area contributed by atoms with Crippen LogP contribution < -0.4 is 49.7 Å². The predicted molar refractivity (Wildman–Crippen MR) is 219 cm³/mol. The average Bonchev–Trinajstić information content (AvgIpc) is 4.03. The number of aryl methyl sites for hydroxylation is 5. The van der Waals surface area contributed by atoms with Crippen molar-refractivity contribution in [2.24, 2.45) is 33.9 Å². The number of carbonyl (C=O) groups is 5. The molecule has 0 bridgehead atoms. The Bertz CT molecular complexity index is 2720. The molecule has 6 aromatic rings. The molecule has 0 saturated carbocycles. The van der Waals surface area contributed by atoms with Crippen LogP contribution in [0.25, 0.3) is 10.9 Å². The number of nitrogens with one attached hydrogen (secondary N) is 5. The van der Waals surface area contributed by atoms with Gasteiger partial charge in [0.25, 0.3) is 29.5 Å². The highest BCUT2D eigenvalue weighted by atomic mass is 35.5. The largest absolute Gasteiger partial charge is 1.00 e. The number of H-pyrrole nitrogens is 1. The number of benzene rings is 1. The van der Waals surface area contributed by atoms with Crippen LogP contribution in [0.2, 0.25) is 0 Å². The van der Waals surface area contributed by atoms with Gasteiger partial charge in [0.2, 0.25) is 5.84 Å². The Labute approximate surface area is 352 Å². The second kappa shape index (κ2) is 16.7. The first-order valence-electron chi connectivity index (χ1n) is 18.2. The van der Waals surface area contributed by atoms with Gasteiger partial charge in [-0.15, -0.1) is 11.6 Å². The topological polar surface area (TPSA) is 270 Å². The zero-order valence-corrected chi connectivity index (χ0v) is 34.6. The lowest BCUT2D eigenvalue weighted by molar-refractivity contribution is -0.117. The van der Waals surface area contributed by atoms with E-state index in [0.717, 1.165) is 5.56 Å². The highest BCUT2D eigenvalue weighted by molar-refractivity contribution is 6.19. The molecule has 6 heterocycles. The smallest absolute Gasteiger partial charge is 0.278 e. The molecular formula is C38H42Cl2N14O6. The van der Waals surface area contributed by atoms with Crippen molar-refractivity contribution in [3.63, 3.8) is 0 Å². The van der Waals surface area contributed by atoms with Gasteiger partial charge in [-0.05, 0) is 30.7 Å². The average molecular weight is 862 g/mol. The van der Waals surface area contributed by atoms with E-state index < -0.39 is 23.6 Å². The number of nitrogens with zero attached hydrogens (tertiary/aromatic N) is 7. The maximum absolute atomic E-state index is 13.9. The maximum atomic E-state index is 13.9. The highest BCUT2D eigenvalue weighted by Gasteiger charge is 2.37. The Hall–Kier alpha value is -7.06. The van der Waals surface area contributed by atoms with Crippen LogP contribution in [0.4, 0.5) is 22.7 Å². The summed E-state index contributed by atoms with van der Waals surface area (Å²) in [4.78, 5) is 68.0. The van der Waals surface area contributed by atoms with Crippen LogP contribution in [-0.4, -0.2) is 93.1 Å². The van der Waals surface area contributed by atoms with Crippen molar-refractivity contribution in [2.45, 2.75) is 19.3 Å². The molecule has 20 nitrogen and oxygen atoms in total. The highest BCUT2D eigenvalue weighted by Crippen LogP contribution is 2.46. The first-order chi connectivity index (χ1) is 28.0. The van der Waals surface area contributed by atoms with Crippen LogP contribution in [0.3, 0.4) is 0 Å². The molecule has 0 radical (unpaired) electrons. The number of amidine groups is 1. The number of alkyl halides is 1. The van der Waals surface area contributed by atoms with E-state index in [0.29, 0.717) is 51.5 Å². The zero-order chi connectivity index (χ0) is 42.4. The van der Waals surface area contributed by atoms with E-state index in [1.165, 1.54) is 51.5 Å². The molecule has 5 amide bonds. The molecule has 0 aliphatic carbocycles. The van der Waals surface area contributed by atoms with E-state index in [-0.39, 0.29) is 77.6 Å². The normalized spacial score (nSPS) is 13.2. The lowest BCUT2D eigenvalue weighted by Gasteiger charge is -2.16. The molecule has 22 heteroatoms. The quantitative estimate of drug-likeness (QED) is 0.0396. The van der Waals surface area contributed by atoms with Gasteiger partial charge in [0.15, 0.2) is 5.69 Å². The fourth-order valence-electron chi connectivity index (χ4n) is 7.21. The Morgan fingerprint density at radius 3 is 1.88 bits per heavy atom. The summed E-state index contributed by atoms with van der Waals surface area (Å²) in [7, 11) is 6.48. The number of aromatic nitrogens is 7. The minimum absolute atomic E-state index is 0. The number of nitrogens with two attached hydrogens (primary N) is 2. The van der Waals surface area contributed by atoms with Crippen LogP contribution in [-0.2, 0) is 28.2 Å². The molecule has 1 aliphatic rings. The molecule has 1 atom stereocenters. The molecule has 314 valence electrons. The third kappa shape index (κ3) is 8.01. The summed E-state index contributed by atoms with van der Waals surface area (Å²) in [5.41, 5.74) is 9.73. The first-order valence-corrected chi connectivity index (χ1v) is 18.8. The molecule has 1 unspecified atom stereocenters. The number of phenolic OH excluding ortho intramolecular Hbond substituents is 1. The van der Waals surface area contributed by atoms with E-state index in [4.69, 9.17) is 22.7 Å². The fourth-order valence-corrected chi connectivity index (χ4v) is 7.47. The van der Waals surface area contributed by atoms with Crippen LogP contribution in [0, 0.1) is 6.92 Å². The lowest BCUT2D eigenvalue weighted by Crippen LogP contribution is -3.00. The van der Waals surface area contributed by atoms with Gasteiger partial charge >= 0.3 is 0 Å². The number of carbonyl (C=O) groups excluding carboxylic acids is 5. The molecule has 0 spiro atoms. The molecule has 1 aromatic carbocycles. The summed E-state index contributed by atoms with van der Waals surface area (Å²) in [5, 5.41) is 39.3. The van der Waals surface area contributed by atoms with Crippen molar-refractivity contribution < 1.29 is 46.9 Å². The van der Waals surface area contributed by atoms with Crippen molar-refractivity contribution in [3.05, 3.63) is 88.6 Å². The number of aromatic hydroxyl groups is 1. The van der Waals surface area contributed by atoms with Crippen LogP contribution in [0.1, 0.15) is 76.0 Å². The Kier molecular flexibility index (Phi) is 11.8. The predicted octanol–water partition coefficient (Wildman–Crippen LogP) is -1.69. The van der Waals surface area contributed by atoms with Gasteiger partial charge in [-0.2, -0.15) is 10.2 Å². The Morgan fingerprint density at radius 2 is 1.37 bits per heavy atom. The van der Waals surface area contributed by atoms with Gasteiger partial charge in [0.05, 0.1) is 34.9 Å². The third-order valence-corrected chi connectivity index (χ3v) is 10.4. The molecule has 0 saturated heterocycles. The van der Waals surface area contributed by atoms with E-state index in [1.54, 1.807) is 55.8 Å². The van der Waals surface area contributed by atoms with Gasteiger partial charge in [0, 0.05) is 89.2 Å². The molecule has 1 aliphatic heterocycles. The van der Waals surface area contributed by atoms with Crippen molar-refractivity contribution >= 4 is 80.6 Å². The maximum Gasteiger partial charge on any atom is 0.278 e. The summed E-state index contributed by atoms with van der Waals surface area (Å²) < 4.78 is 5.92. The van der Waals surface area contributed by atoms with Crippen molar-refractivity contribution in [1.82, 2.24) is 39.0 Å². The second-order valence-corrected chi connectivity index (χ2v) is 14.6. The summed E-state index contributed by atoms with van der Waals surface area (Å²) in [6.45, 7) is 2.31. The molecule has 60 heavy (non-hydrogen) atoms. The SMILES string of the molecule is Cc1n[nH]c2c(O)cc3c(c12)C(CCl)CN3C(=O)c1cc(C(=O)Nc2cc(C(=O)Nc3cc(C(=O)Nc4cc(C(=O)NCCC(N)=[NH2+])n(C)c4)n(C)c3)n(C)c2)n(C)n1.[Cl-]. The number of phenols is 1.